The molecule has 9 heteroatoms. The normalized spacial score (nSPS) is 17.6. The molecule has 0 N–H and O–H groups in total. The number of pyridine rings is 2. The Morgan fingerprint density at radius 1 is 1.03 bits per heavy atom. The number of hydrogen-bond donors (Lipinski definition) is 0. The zero-order valence-electron chi connectivity index (χ0n) is 15.9. The molecule has 30 heavy (non-hydrogen) atoms. The van der Waals surface area contributed by atoms with Gasteiger partial charge in [-0.1, -0.05) is 0 Å². The molecule has 1 aliphatic rings. The van der Waals surface area contributed by atoms with Crippen molar-refractivity contribution in [2.75, 3.05) is 13.1 Å². The Morgan fingerprint density at radius 2 is 1.83 bits per heavy atom. The van der Waals surface area contributed by atoms with Crippen molar-refractivity contribution in [1.29, 1.82) is 0 Å². The summed E-state index contributed by atoms with van der Waals surface area (Å²) < 4.78 is 42.9. The highest BCUT2D eigenvalue weighted by atomic mass is 32.2. The number of fused-ring (bicyclic) bond motifs is 1. The van der Waals surface area contributed by atoms with Crippen LogP contribution in [0.15, 0.2) is 72.0 Å². The van der Waals surface area contributed by atoms with Crippen molar-refractivity contribution in [2.24, 2.45) is 0 Å². The van der Waals surface area contributed by atoms with Crippen LogP contribution in [0, 0.1) is 5.82 Å². The Kier molecular flexibility index (Phi) is 4.56. The lowest BCUT2D eigenvalue weighted by atomic mass is 10.2. The first-order chi connectivity index (χ1) is 14.5. The number of aromatic nitrogens is 4. The second-order valence-electron chi connectivity index (χ2n) is 7.15. The van der Waals surface area contributed by atoms with Crippen LogP contribution in [-0.2, 0) is 10.0 Å². The molecular weight excluding hydrogens is 405 g/mol. The molecule has 0 unspecified atom stereocenters. The monoisotopic (exact) mass is 423 g/mol. The highest BCUT2D eigenvalue weighted by molar-refractivity contribution is 7.89. The second kappa shape index (κ2) is 7.26. The minimum absolute atomic E-state index is 0.142. The number of rotatable bonds is 4. The molecule has 1 fully saturated rings. The van der Waals surface area contributed by atoms with Gasteiger partial charge in [-0.3, -0.25) is 4.98 Å². The van der Waals surface area contributed by atoms with Crippen molar-refractivity contribution < 1.29 is 12.8 Å². The Morgan fingerprint density at radius 3 is 2.60 bits per heavy atom. The lowest BCUT2D eigenvalue weighted by molar-refractivity contribution is 0.455. The summed E-state index contributed by atoms with van der Waals surface area (Å²) in [7, 11) is -3.63. The SMILES string of the molecule is O=S(=O)(c1cccnc1)N1CC[C@@H](n2c(-c3ccc(F)cc3)nc3cccnc32)C1. The van der Waals surface area contributed by atoms with Crippen LogP contribution < -0.4 is 0 Å². The molecule has 0 radical (unpaired) electrons. The van der Waals surface area contributed by atoms with Gasteiger partial charge in [0.2, 0.25) is 10.0 Å². The van der Waals surface area contributed by atoms with Gasteiger partial charge in [-0.05, 0) is 55.0 Å². The van der Waals surface area contributed by atoms with Crippen LogP contribution in [-0.4, -0.2) is 45.3 Å². The number of imidazole rings is 1. The van der Waals surface area contributed by atoms with Gasteiger partial charge in [-0.25, -0.2) is 22.8 Å². The molecule has 0 spiro atoms. The van der Waals surface area contributed by atoms with Crippen molar-refractivity contribution in [3.05, 3.63) is 72.9 Å². The Bertz CT molecular complexity index is 1310. The smallest absolute Gasteiger partial charge is 0.244 e. The van der Waals surface area contributed by atoms with Crippen molar-refractivity contribution >= 4 is 21.2 Å². The van der Waals surface area contributed by atoms with Gasteiger partial charge in [-0.2, -0.15) is 4.31 Å². The lowest BCUT2D eigenvalue weighted by Gasteiger charge is -2.18. The van der Waals surface area contributed by atoms with E-state index >= 15 is 0 Å². The molecular formula is C21H18FN5O2S. The fourth-order valence-electron chi connectivity index (χ4n) is 3.87. The molecule has 152 valence electrons. The van der Waals surface area contributed by atoms with Crippen molar-refractivity contribution in [2.45, 2.75) is 17.4 Å². The van der Waals surface area contributed by atoms with E-state index in [1.54, 1.807) is 36.7 Å². The van der Waals surface area contributed by atoms with Crippen LogP contribution >= 0.6 is 0 Å². The molecule has 0 aliphatic carbocycles. The Hall–Kier alpha value is -3.17. The zero-order chi connectivity index (χ0) is 20.7. The lowest BCUT2D eigenvalue weighted by Crippen LogP contribution is -2.29. The molecule has 4 heterocycles. The number of hydrogen-bond acceptors (Lipinski definition) is 5. The van der Waals surface area contributed by atoms with E-state index in [0.717, 1.165) is 5.56 Å². The maximum Gasteiger partial charge on any atom is 0.244 e. The van der Waals surface area contributed by atoms with E-state index < -0.39 is 10.0 Å². The van der Waals surface area contributed by atoms with Crippen LogP contribution in [0.3, 0.4) is 0 Å². The summed E-state index contributed by atoms with van der Waals surface area (Å²) in [5.74, 6) is 0.323. The summed E-state index contributed by atoms with van der Waals surface area (Å²) in [6, 6.07) is 12.8. The zero-order valence-corrected chi connectivity index (χ0v) is 16.7. The molecule has 4 aromatic rings. The van der Waals surface area contributed by atoms with E-state index in [1.165, 1.54) is 22.6 Å². The first-order valence-electron chi connectivity index (χ1n) is 9.53. The van der Waals surface area contributed by atoms with Crippen LogP contribution in [0.1, 0.15) is 12.5 Å². The third-order valence-electron chi connectivity index (χ3n) is 5.31. The molecule has 1 aromatic carbocycles. The summed E-state index contributed by atoms with van der Waals surface area (Å²) >= 11 is 0. The Balaban J connectivity index is 1.55. The van der Waals surface area contributed by atoms with E-state index in [0.29, 0.717) is 36.5 Å². The summed E-state index contributed by atoms with van der Waals surface area (Å²) in [6.07, 6.45) is 5.22. The second-order valence-corrected chi connectivity index (χ2v) is 9.09. The van der Waals surface area contributed by atoms with Crippen molar-refractivity contribution in [3.63, 3.8) is 0 Å². The van der Waals surface area contributed by atoms with E-state index in [9.17, 15) is 12.8 Å². The van der Waals surface area contributed by atoms with Gasteiger partial charge in [-0.15, -0.1) is 0 Å². The molecule has 1 atom stereocenters. The first kappa shape index (κ1) is 18.8. The predicted molar refractivity (Wildman–Crippen MR) is 110 cm³/mol. The van der Waals surface area contributed by atoms with Gasteiger partial charge in [0.05, 0.1) is 6.04 Å². The van der Waals surface area contributed by atoms with Crippen LogP contribution in [0.5, 0.6) is 0 Å². The molecule has 3 aromatic heterocycles. The average Bonchev–Trinajstić information content (AvgIpc) is 3.40. The number of halogens is 1. The molecule has 5 rings (SSSR count). The quantitative estimate of drug-likeness (QED) is 0.503. The first-order valence-corrected chi connectivity index (χ1v) is 11.0. The van der Waals surface area contributed by atoms with Gasteiger partial charge in [0.25, 0.3) is 0 Å². The molecule has 0 amide bonds. The largest absolute Gasteiger partial charge is 0.304 e. The molecule has 0 bridgehead atoms. The predicted octanol–water partition coefficient (Wildman–Crippen LogP) is 3.27. The standard InChI is InChI=1S/C21H18FN5O2S/c22-16-7-5-15(6-8-16)20-25-19-4-2-11-24-21(19)27(20)17-9-12-26(14-17)30(28,29)18-3-1-10-23-13-18/h1-8,10-11,13,17H,9,12,14H2/t17-/m1/s1. The van der Waals surface area contributed by atoms with E-state index in [1.807, 2.05) is 16.7 Å². The Labute approximate surface area is 172 Å². The summed E-state index contributed by atoms with van der Waals surface area (Å²) in [5.41, 5.74) is 2.15. The maximum absolute atomic E-state index is 13.4. The minimum atomic E-state index is -3.63. The summed E-state index contributed by atoms with van der Waals surface area (Å²) in [4.78, 5) is 13.3. The third kappa shape index (κ3) is 3.16. The highest BCUT2D eigenvalue weighted by Gasteiger charge is 2.35. The topological polar surface area (TPSA) is 81.0 Å². The fourth-order valence-corrected chi connectivity index (χ4v) is 5.32. The van der Waals surface area contributed by atoms with Gasteiger partial charge < -0.3 is 4.57 Å². The van der Waals surface area contributed by atoms with Crippen LogP contribution in [0.2, 0.25) is 0 Å². The summed E-state index contributed by atoms with van der Waals surface area (Å²) in [6.45, 7) is 0.685. The van der Waals surface area contributed by atoms with Crippen LogP contribution in [0.25, 0.3) is 22.6 Å². The van der Waals surface area contributed by atoms with Crippen molar-refractivity contribution in [3.8, 4) is 11.4 Å². The van der Waals surface area contributed by atoms with E-state index in [4.69, 9.17) is 4.98 Å². The molecule has 0 saturated carbocycles. The third-order valence-corrected chi connectivity index (χ3v) is 7.16. The number of nitrogens with zero attached hydrogens (tertiary/aromatic N) is 5. The van der Waals surface area contributed by atoms with Gasteiger partial charge in [0.15, 0.2) is 5.65 Å². The molecule has 1 saturated heterocycles. The molecule has 7 nitrogen and oxygen atoms in total. The molecule has 1 aliphatic heterocycles. The van der Waals surface area contributed by atoms with Crippen LogP contribution in [0.4, 0.5) is 4.39 Å². The minimum Gasteiger partial charge on any atom is -0.304 e. The van der Waals surface area contributed by atoms with E-state index in [2.05, 4.69) is 9.97 Å². The highest BCUT2D eigenvalue weighted by Crippen LogP contribution is 2.34. The average molecular weight is 423 g/mol. The van der Waals surface area contributed by atoms with Gasteiger partial charge >= 0.3 is 0 Å². The number of sulfonamides is 1. The van der Waals surface area contributed by atoms with Gasteiger partial charge in [0, 0.05) is 37.2 Å². The van der Waals surface area contributed by atoms with E-state index in [-0.39, 0.29) is 16.8 Å². The maximum atomic E-state index is 13.4. The summed E-state index contributed by atoms with van der Waals surface area (Å²) in [5, 5.41) is 0. The fraction of sp³-hybridized carbons (Fsp3) is 0.190. The number of benzene rings is 1. The van der Waals surface area contributed by atoms with Crippen molar-refractivity contribution in [1.82, 2.24) is 23.8 Å². The van der Waals surface area contributed by atoms with Gasteiger partial charge in [0.1, 0.15) is 22.1 Å².